The van der Waals surface area contributed by atoms with Crippen LogP contribution in [0.4, 0.5) is 5.69 Å². The summed E-state index contributed by atoms with van der Waals surface area (Å²) < 4.78 is 27.7. The van der Waals surface area contributed by atoms with Gasteiger partial charge in [-0.1, -0.05) is 23.8 Å². The van der Waals surface area contributed by atoms with Crippen molar-refractivity contribution in [2.75, 3.05) is 31.5 Å². The Morgan fingerprint density at radius 2 is 2.00 bits per heavy atom. The molecule has 7 nitrogen and oxygen atoms in total. The minimum absolute atomic E-state index is 0.147. The van der Waals surface area contributed by atoms with Crippen molar-refractivity contribution in [2.45, 2.75) is 24.7 Å². The van der Waals surface area contributed by atoms with Crippen molar-refractivity contribution < 1.29 is 13.2 Å². The lowest BCUT2D eigenvalue weighted by Gasteiger charge is -2.32. The van der Waals surface area contributed by atoms with Crippen molar-refractivity contribution in [3.05, 3.63) is 59.7 Å². The highest BCUT2D eigenvalue weighted by atomic mass is 32.2. The van der Waals surface area contributed by atoms with Crippen LogP contribution in [0.1, 0.15) is 24.0 Å². The largest absolute Gasteiger partial charge is 0.325 e. The molecule has 1 atom stereocenters. The number of aryl methyl sites for hydroxylation is 1. The van der Waals surface area contributed by atoms with Gasteiger partial charge >= 0.3 is 0 Å². The summed E-state index contributed by atoms with van der Waals surface area (Å²) in [5.74, 6) is -0.000309. The summed E-state index contributed by atoms with van der Waals surface area (Å²) >= 11 is 0. The van der Waals surface area contributed by atoms with Crippen LogP contribution in [0.3, 0.4) is 0 Å². The van der Waals surface area contributed by atoms with E-state index in [1.807, 2.05) is 11.8 Å². The maximum Gasteiger partial charge on any atom is 0.240 e. The van der Waals surface area contributed by atoms with Gasteiger partial charge in [-0.15, -0.1) is 0 Å². The molecular formula is C22H26N4O3S. The van der Waals surface area contributed by atoms with Crippen molar-refractivity contribution in [3.63, 3.8) is 0 Å². The topological polar surface area (TPSA) is 102 Å². The van der Waals surface area contributed by atoms with Crippen molar-refractivity contribution >= 4 is 21.6 Å². The third kappa shape index (κ3) is 6.13. The van der Waals surface area contributed by atoms with Gasteiger partial charge in [-0.2, -0.15) is 5.26 Å². The Kier molecular flexibility index (Phi) is 7.21. The molecule has 2 aromatic carbocycles. The van der Waals surface area contributed by atoms with Crippen LogP contribution in [0.15, 0.2) is 53.4 Å². The molecule has 1 heterocycles. The molecule has 2 N–H and O–H groups in total. The minimum Gasteiger partial charge on any atom is -0.325 e. The summed E-state index contributed by atoms with van der Waals surface area (Å²) in [5, 5.41) is 11.8. The summed E-state index contributed by atoms with van der Waals surface area (Å²) in [5.41, 5.74) is 2.10. The molecule has 3 rings (SSSR count). The fourth-order valence-electron chi connectivity index (χ4n) is 3.56. The third-order valence-corrected chi connectivity index (χ3v) is 6.58. The van der Waals surface area contributed by atoms with Gasteiger partial charge in [0, 0.05) is 18.8 Å². The molecule has 1 fully saturated rings. The van der Waals surface area contributed by atoms with E-state index in [9.17, 15) is 13.2 Å². The fourth-order valence-corrected chi connectivity index (χ4v) is 4.68. The maximum absolute atomic E-state index is 12.5. The number of carbonyl (C=O) groups is 1. The lowest BCUT2D eigenvalue weighted by molar-refractivity contribution is -0.117. The van der Waals surface area contributed by atoms with Crippen molar-refractivity contribution in [1.82, 2.24) is 9.62 Å². The van der Waals surface area contributed by atoms with Gasteiger partial charge in [0.1, 0.15) is 0 Å². The van der Waals surface area contributed by atoms with Gasteiger partial charge < -0.3 is 5.32 Å². The van der Waals surface area contributed by atoms with Crippen LogP contribution in [0.2, 0.25) is 0 Å². The number of hydrogen-bond acceptors (Lipinski definition) is 5. The number of piperidine rings is 1. The molecule has 30 heavy (non-hydrogen) atoms. The number of hydrogen-bond donors (Lipinski definition) is 2. The molecule has 1 unspecified atom stereocenters. The van der Waals surface area contributed by atoms with E-state index < -0.39 is 10.0 Å². The average molecular weight is 427 g/mol. The quantitative estimate of drug-likeness (QED) is 0.708. The number of likely N-dealkylation sites (tertiary alicyclic amines) is 1. The summed E-state index contributed by atoms with van der Waals surface area (Å²) in [6, 6.07) is 15.6. The first kappa shape index (κ1) is 22.0. The van der Waals surface area contributed by atoms with Gasteiger partial charge in [0.15, 0.2) is 0 Å². The number of nitrogens with zero attached hydrogens (tertiary/aromatic N) is 2. The molecule has 1 amide bonds. The highest BCUT2D eigenvalue weighted by molar-refractivity contribution is 7.89. The van der Waals surface area contributed by atoms with E-state index in [-0.39, 0.29) is 23.3 Å². The van der Waals surface area contributed by atoms with Crippen LogP contribution in [0.25, 0.3) is 0 Å². The van der Waals surface area contributed by atoms with Gasteiger partial charge in [-0.05, 0) is 62.6 Å². The number of carbonyl (C=O) groups excluding carboxylic acids is 1. The van der Waals surface area contributed by atoms with E-state index in [4.69, 9.17) is 5.26 Å². The molecule has 1 saturated heterocycles. The highest BCUT2D eigenvalue weighted by Crippen LogP contribution is 2.18. The van der Waals surface area contributed by atoms with E-state index in [1.165, 1.54) is 0 Å². The van der Waals surface area contributed by atoms with E-state index in [1.54, 1.807) is 48.5 Å². The van der Waals surface area contributed by atoms with Crippen LogP contribution in [0.5, 0.6) is 0 Å². The second-order valence-electron chi connectivity index (χ2n) is 7.65. The molecule has 8 heteroatoms. The zero-order valence-corrected chi connectivity index (χ0v) is 17.8. The number of benzene rings is 2. The lowest BCUT2D eigenvalue weighted by atomic mass is 9.98. The fraction of sp³-hybridized carbons (Fsp3) is 0.364. The zero-order chi connectivity index (χ0) is 21.6. The van der Waals surface area contributed by atoms with Crippen molar-refractivity contribution in [1.29, 1.82) is 5.26 Å². The monoisotopic (exact) mass is 426 g/mol. The van der Waals surface area contributed by atoms with Gasteiger partial charge in [0.25, 0.3) is 0 Å². The molecule has 2 aromatic rings. The first-order valence-corrected chi connectivity index (χ1v) is 11.4. The Labute approximate surface area is 177 Å². The second-order valence-corrected chi connectivity index (χ2v) is 9.42. The van der Waals surface area contributed by atoms with Gasteiger partial charge in [-0.3, -0.25) is 9.69 Å². The van der Waals surface area contributed by atoms with Crippen LogP contribution >= 0.6 is 0 Å². The van der Waals surface area contributed by atoms with Crippen LogP contribution in [-0.4, -0.2) is 45.4 Å². The van der Waals surface area contributed by atoms with E-state index in [0.717, 1.165) is 24.9 Å². The molecular weight excluding hydrogens is 400 g/mol. The number of nitrogens with one attached hydrogen (secondary N) is 2. The molecule has 1 aliphatic heterocycles. The van der Waals surface area contributed by atoms with Crippen molar-refractivity contribution in [3.8, 4) is 6.07 Å². The Bertz CT molecular complexity index is 1030. The Hall–Kier alpha value is -2.73. The van der Waals surface area contributed by atoms with Crippen LogP contribution in [0, 0.1) is 24.2 Å². The lowest BCUT2D eigenvalue weighted by Crippen LogP contribution is -2.43. The Morgan fingerprint density at radius 3 is 2.73 bits per heavy atom. The zero-order valence-electron chi connectivity index (χ0n) is 17.0. The molecule has 0 radical (unpaired) electrons. The highest BCUT2D eigenvalue weighted by Gasteiger charge is 2.23. The molecule has 0 aromatic heterocycles. The Balaban J connectivity index is 1.50. The second kappa shape index (κ2) is 9.85. The van der Waals surface area contributed by atoms with Crippen molar-refractivity contribution in [2.24, 2.45) is 5.92 Å². The summed E-state index contributed by atoms with van der Waals surface area (Å²) in [6.45, 7) is 3.95. The summed E-state index contributed by atoms with van der Waals surface area (Å²) in [7, 11) is -3.54. The predicted octanol–water partition coefficient (Wildman–Crippen LogP) is 2.50. The molecule has 0 spiro atoms. The average Bonchev–Trinajstić information content (AvgIpc) is 2.73. The first-order chi connectivity index (χ1) is 14.4. The van der Waals surface area contributed by atoms with E-state index in [0.29, 0.717) is 24.3 Å². The molecule has 0 bridgehead atoms. The summed E-state index contributed by atoms with van der Waals surface area (Å²) in [6.07, 6.45) is 1.83. The molecule has 0 aliphatic carbocycles. The molecule has 158 valence electrons. The maximum atomic E-state index is 12.5. The number of nitriles is 1. The van der Waals surface area contributed by atoms with Gasteiger partial charge in [0.05, 0.1) is 23.1 Å². The number of amides is 1. The first-order valence-electron chi connectivity index (χ1n) is 9.94. The van der Waals surface area contributed by atoms with Crippen LogP contribution in [-0.2, 0) is 14.8 Å². The number of sulfonamides is 1. The van der Waals surface area contributed by atoms with E-state index in [2.05, 4.69) is 16.1 Å². The standard InChI is InChI=1S/C22H26N4O3S/c1-17-7-9-21(10-8-17)30(28,29)24-14-19-5-3-11-26(15-19)16-22(27)25-20-6-2-4-18(12-20)13-23/h2,4,6-10,12,19,24H,3,5,11,14-16H2,1H3,(H,25,27). The Morgan fingerprint density at radius 1 is 1.23 bits per heavy atom. The van der Waals surface area contributed by atoms with Gasteiger partial charge in [0.2, 0.25) is 15.9 Å². The molecule has 1 aliphatic rings. The normalized spacial score (nSPS) is 17.3. The molecule has 0 saturated carbocycles. The number of anilines is 1. The predicted molar refractivity (Wildman–Crippen MR) is 115 cm³/mol. The van der Waals surface area contributed by atoms with Crippen LogP contribution < -0.4 is 10.0 Å². The number of rotatable bonds is 7. The third-order valence-electron chi connectivity index (χ3n) is 5.14. The summed E-state index contributed by atoms with van der Waals surface area (Å²) in [4.78, 5) is 14.7. The smallest absolute Gasteiger partial charge is 0.240 e. The van der Waals surface area contributed by atoms with E-state index >= 15 is 0 Å². The minimum atomic E-state index is -3.54. The van der Waals surface area contributed by atoms with Gasteiger partial charge in [-0.25, -0.2) is 13.1 Å². The SMILES string of the molecule is Cc1ccc(S(=O)(=O)NCC2CCCN(CC(=O)Nc3cccc(C#N)c3)C2)cc1.